The highest BCUT2D eigenvalue weighted by Crippen LogP contribution is 2.36. The number of amidine groups is 1. The Kier molecular flexibility index (Phi) is 4.75. The molecule has 0 amide bonds. The van der Waals surface area contributed by atoms with Gasteiger partial charge in [0, 0.05) is 0 Å². The Bertz CT molecular complexity index is 431. The van der Waals surface area contributed by atoms with Crippen molar-refractivity contribution in [3.63, 3.8) is 0 Å². The summed E-state index contributed by atoms with van der Waals surface area (Å²) in [5.41, 5.74) is 15.4. The molecule has 2 rings (SSSR count). The van der Waals surface area contributed by atoms with Gasteiger partial charge in [-0.25, -0.2) is 20.4 Å². The van der Waals surface area contributed by atoms with Gasteiger partial charge in [0.25, 0.3) is 0 Å². The van der Waals surface area contributed by atoms with Crippen LogP contribution >= 0.6 is 0 Å². The number of aliphatic imine (C=N–C) groups is 1. The molecule has 0 saturated heterocycles. The molecule has 1 aromatic carbocycles. The van der Waals surface area contributed by atoms with E-state index in [1.165, 1.54) is 6.07 Å². The number of nitrogens with zero attached hydrogens (tertiary/aromatic N) is 1. The van der Waals surface area contributed by atoms with E-state index >= 15 is 0 Å². The van der Waals surface area contributed by atoms with Gasteiger partial charge in [-0.2, -0.15) is 0 Å². The van der Waals surface area contributed by atoms with Gasteiger partial charge in [-0.05, 0) is 26.0 Å². The number of ether oxygens (including phenoxy) is 1. The maximum atomic E-state index is 13.3. The van der Waals surface area contributed by atoms with Gasteiger partial charge in [0.05, 0.1) is 0 Å². The summed E-state index contributed by atoms with van der Waals surface area (Å²) >= 11 is 0. The van der Waals surface area contributed by atoms with Crippen LogP contribution in [0.5, 0.6) is 5.75 Å². The topological polar surface area (TPSA) is 95.3 Å². The zero-order valence-corrected chi connectivity index (χ0v) is 9.04. The molecule has 0 aromatic heterocycles. The Labute approximate surface area is 99.8 Å². The number of para-hydroxylation sites is 1. The fourth-order valence-electron chi connectivity index (χ4n) is 1.26. The van der Waals surface area contributed by atoms with Crippen LogP contribution in [-0.2, 0) is 0 Å². The normalized spacial score (nSPS) is 15.1. The molecule has 0 spiro atoms. The zero-order valence-electron chi connectivity index (χ0n) is 9.04. The lowest BCUT2D eigenvalue weighted by molar-refractivity contribution is 0.169. The minimum atomic E-state index is -0.741. The maximum absolute atomic E-state index is 13.3. The molecule has 0 atom stereocenters. The number of nitrogens with two attached hydrogens (primary N) is 1. The molecule has 0 fully saturated rings. The molecule has 0 saturated carbocycles. The first-order valence-corrected chi connectivity index (χ1v) is 4.58. The molecular formula is C11H17FN4O. The van der Waals surface area contributed by atoms with E-state index in [1.54, 1.807) is 26.0 Å². The molecule has 1 aromatic rings. The molecule has 4 N–H and O–H groups in total. The van der Waals surface area contributed by atoms with Gasteiger partial charge in [0.2, 0.25) is 0 Å². The second-order valence-electron chi connectivity index (χ2n) is 3.70. The Morgan fingerprint density at radius 2 is 1.94 bits per heavy atom. The van der Waals surface area contributed by atoms with E-state index in [0.29, 0.717) is 11.5 Å². The van der Waals surface area contributed by atoms with Crippen molar-refractivity contribution in [3.05, 3.63) is 24.0 Å². The summed E-state index contributed by atoms with van der Waals surface area (Å²) in [6.07, 6.45) is 0. The van der Waals surface area contributed by atoms with Crippen molar-refractivity contribution < 1.29 is 9.13 Å². The molecule has 1 aliphatic heterocycles. The number of fused-ring (bicyclic) bond motifs is 1. The molecule has 0 unspecified atom stereocenters. The monoisotopic (exact) mass is 240 g/mol. The number of nitrogens with one attached hydrogen (secondary N) is 2. The van der Waals surface area contributed by atoms with Crippen LogP contribution in [-0.4, -0.2) is 11.4 Å². The van der Waals surface area contributed by atoms with Crippen LogP contribution in [0.3, 0.4) is 0 Å². The largest absolute Gasteiger partial charge is 0.475 e. The Balaban J connectivity index is 0.000000811. The Morgan fingerprint density at radius 1 is 1.35 bits per heavy atom. The Hall–Kier alpha value is -1.98. The van der Waals surface area contributed by atoms with Crippen molar-refractivity contribution in [1.29, 1.82) is 11.1 Å². The van der Waals surface area contributed by atoms with Gasteiger partial charge >= 0.3 is 0 Å². The smallest absolute Gasteiger partial charge is 0.182 e. The fraction of sp³-hybridized carbons (Fsp3) is 0.364. The number of benzene rings is 1. The highest BCUT2D eigenvalue weighted by Gasteiger charge is 2.31. The minimum absolute atomic E-state index is 0. The van der Waals surface area contributed by atoms with Crippen LogP contribution in [0.2, 0.25) is 0 Å². The van der Waals surface area contributed by atoms with E-state index in [0.717, 1.165) is 0 Å². The van der Waals surface area contributed by atoms with Crippen molar-refractivity contribution in [2.45, 2.75) is 26.9 Å². The zero-order chi connectivity index (χ0) is 12.3. The van der Waals surface area contributed by atoms with E-state index in [1.807, 2.05) is 0 Å². The van der Waals surface area contributed by atoms with Crippen LogP contribution in [0, 0.1) is 16.9 Å². The van der Waals surface area contributed by atoms with Gasteiger partial charge in [-0.1, -0.05) is 13.5 Å². The van der Waals surface area contributed by atoms with Gasteiger partial charge < -0.3 is 10.5 Å². The summed E-state index contributed by atoms with van der Waals surface area (Å²) in [4.78, 5) is 4.09. The van der Waals surface area contributed by atoms with Crippen LogP contribution in [0.1, 0.15) is 21.3 Å². The average Bonchev–Trinajstić information content (AvgIpc) is 2.24. The van der Waals surface area contributed by atoms with Crippen LogP contribution in [0.25, 0.3) is 0 Å². The molecule has 1 aliphatic rings. The van der Waals surface area contributed by atoms with Crippen molar-refractivity contribution in [1.82, 2.24) is 0 Å². The Morgan fingerprint density at radius 3 is 2.53 bits per heavy atom. The summed E-state index contributed by atoms with van der Waals surface area (Å²) in [6.45, 7) is 3.50. The molecule has 1 heterocycles. The fourth-order valence-corrected chi connectivity index (χ4v) is 1.26. The third-order valence-electron chi connectivity index (χ3n) is 2.16. The third kappa shape index (κ3) is 2.77. The third-order valence-corrected chi connectivity index (χ3v) is 2.16. The second-order valence-corrected chi connectivity index (χ2v) is 3.70. The molecule has 6 heteroatoms. The maximum Gasteiger partial charge on any atom is 0.182 e. The van der Waals surface area contributed by atoms with Crippen molar-refractivity contribution >= 4 is 11.5 Å². The van der Waals surface area contributed by atoms with Gasteiger partial charge in [0.1, 0.15) is 11.5 Å². The highest BCUT2D eigenvalue weighted by molar-refractivity contribution is 5.93. The SMILES string of the molecule is C.CC1(C)Oc2c(F)cccc2N=C1N.N=N. The number of hydrogen-bond acceptors (Lipinski definition) is 5. The molecular weight excluding hydrogens is 223 g/mol. The van der Waals surface area contributed by atoms with Crippen molar-refractivity contribution in [2.24, 2.45) is 10.7 Å². The molecule has 0 radical (unpaired) electrons. The molecule has 94 valence electrons. The summed E-state index contributed by atoms with van der Waals surface area (Å²) in [5, 5.41) is 0. The lowest BCUT2D eigenvalue weighted by Gasteiger charge is -2.30. The summed E-state index contributed by atoms with van der Waals surface area (Å²) in [5.74, 6) is 0.120. The van der Waals surface area contributed by atoms with Crippen molar-refractivity contribution in [3.8, 4) is 5.75 Å². The summed E-state index contributed by atoms with van der Waals surface area (Å²) < 4.78 is 18.7. The molecule has 17 heavy (non-hydrogen) atoms. The predicted molar refractivity (Wildman–Crippen MR) is 64.6 cm³/mol. The van der Waals surface area contributed by atoms with E-state index in [-0.39, 0.29) is 13.2 Å². The van der Waals surface area contributed by atoms with E-state index in [4.69, 9.17) is 21.5 Å². The standard InChI is InChI=1S/C10H11FN2O.CH4.H2N2/c1-10(2)9(12)13-7-5-3-4-6(11)8(7)14-10;;1-2/h3-5H,1-2H3,(H2,12,13);1H4;1-2H. The van der Waals surface area contributed by atoms with Crippen LogP contribution < -0.4 is 10.5 Å². The number of hydrogen-bond donors (Lipinski definition) is 3. The minimum Gasteiger partial charge on any atom is -0.475 e. The number of halogens is 1. The molecule has 0 aliphatic carbocycles. The summed E-state index contributed by atoms with van der Waals surface area (Å²) in [6, 6.07) is 4.58. The van der Waals surface area contributed by atoms with E-state index in [2.05, 4.69) is 4.99 Å². The van der Waals surface area contributed by atoms with Gasteiger partial charge in [0.15, 0.2) is 17.2 Å². The van der Waals surface area contributed by atoms with Crippen LogP contribution in [0.15, 0.2) is 23.2 Å². The first-order valence-electron chi connectivity index (χ1n) is 4.58. The quantitative estimate of drug-likeness (QED) is 0.607. The van der Waals surface area contributed by atoms with E-state index < -0.39 is 11.4 Å². The van der Waals surface area contributed by atoms with Crippen LogP contribution in [0.4, 0.5) is 10.1 Å². The first-order chi connectivity index (χ1) is 7.50. The average molecular weight is 240 g/mol. The lowest BCUT2D eigenvalue weighted by atomic mass is 10.1. The second kappa shape index (κ2) is 5.38. The van der Waals surface area contributed by atoms with Gasteiger partial charge in [-0.15, -0.1) is 0 Å². The first kappa shape index (κ1) is 15.0. The lowest BCUT2D eigenvalue weighted by Crippen LogP contribution is -2.45. The van der Waals surface area contributed by atoms with Crippen molar-refractivity contribution in [2.75, 3.05) is 0 Å². The molecule has 0 bridgehead atoms. The summed E-state index contributed by atoms with van der Waals surface area (Å²) in [7, 11) is 0. The highest BCUT2D eigenvalue weighted by atomic mass is 19.1. The van der Waals surface area contributed by atoms with E-state index in [9.17, 15) is 4.39 Å². The van der Waals surface area contributed by atoms with Gasteiger partial charge in [-0.3, -0.25) is 0 Å². The molecule has 5 nitrogen and oxygen atoms in total. The number of rotatable bonds is 0. The predicted octanol–water partition coefficient (Wildman–Crippen LogP) is 3.22.